The molecule has 4 heterocycles. The highest BCUT2D eigenvalue weighted by Crippen LogP contribution is 2.42. The van der Waals surface area contributed by atoms with Gasteiger partial charge in [-0.15, -0.1) is 6.58 Å². The summed E-state index contributed by atoms with van der Waals surface area (Å²) < 4.78 is 5.35. The van der Waals surface area contributed by atoms with Crippen molar-refractivity contribution in [1.29, 1.82) is 0 Å². The second kappa shape index (κ2) is 8.14. The molecule has 2 aromatic rings. The molecule has 1 aromatic carbocycles. The molecule has 142 valence electrons. The van der Waals surface area contributed by atoms with Gasteiger partial charge in [0.25, 0.3) is 0 Å². The zero-order chi connectivity index (χ0) is 16.7. The third-order valence-electron chi connectivity index (χ3n) is 5.82. The van der Waals surface area contributed by atoms with Crippen molar-refractivity contribution in [3.63, 3.8) is 0 Å². The van der Waals surface area contributed by atoms with Crippen molar-refractivity contribution in [3.05, 3.63) is 48.7 Å². The first kappa shape index (κ1) is 20.3. The van der Waals surface area contributed by atoms with Crippen molar-refractivity contribution in [3.8, 4) is 5.75 Å². The Morgan fingerprint density at radius 1 is 1.35 bits per heavy atom. The van der Waals surface area contributed by atoms with Crippen LogP contribution in [0.5, 0.6) is 5.75 Å². The SMILES string of the molecule is C=C[C@@H]1CN2CCC1C[C@@H]2[C@H](O)c1ccnc2ccc(OC)cc12.O.O. The highest BCUT2D eigenvalue weighted by atomic mass is 16.5. The highest BCUT2D eigenvalue weighted by Gasteiger charge is 2.42. The molecule has 26 heavy (non-hydrogen) atoms. The second-order valence-electron chi connectivity index (χ2n) is 6.97. The van der Waals surface area contributed by atoms with Gasteiger partial charge in [0.2, 0.25) is 0 Å². The fraction of sp³-hybridized carbons (Fsp3) is 0.450. The van der Waals surface area contributed by atoms with Crippen LogP contribution in [0.15, 0.2) is 43.1 Å². The smallest absolute Gasteiger partial charge is 0.119 e. The topological polar surface area (TPSA) is 109 Å². The van der Waals surface area contributed by atoms with E-state index < -0.39 is 6.10 Å². The minimum Gasteiger partial charge on any atom is -0.497 e. The first-order valence-corrected chi connectivity index (χ1v) is 8.68. The summed E-state index contributed by atoms with van der Waals surface area (Å²) in [6, 6.07) is 7.96. The number of hydrogen-bond acceptors (Lipinski definition) is 4. The molecule has 0 radical (unpaired) electrons. The molecular formula is C20H28N2O4. The summed E-state index contributed by atoms with van der Waals surface area (Å²) in [6.45, 7) is 6.07. The summed E-state index contributed by atoms with van der Waals surface area (Å²) in [5, 5.41) is 12.1. The number of fused-ring (bicyclic) bond motifs is 4. The summed E-state index contributed by atoms with van der Waals surface area (Å²) in [4.78, 5) is 6.86. The van der Waals surface area contributed by atoms with E-state index in [0.717, 1.165) is 41.7 Å². The Kier molecular flexibility index (Phi) is 6.36. The number of methoxy groups -OCH3 is 1. The largest absolute Gasteiger partial charge is 0.497 e. The van der Waals surface area contributed by atoms with E-state index in [9.17, 15) is 5.11 Å². The number of aromatic nitrogens is 1. The maximum absolute atomic E-state index is 11.2. The summed E-state index contributed by atoms with van der Waals surface area (Å²) in [6.07, 6.45) is 5.62. The lowest BCUT2D eigenvalue weighted by Gasteiger charge is -2.50. The molecular weight excluding hydrogens is 332 g/mol. The molecule has 1 aromatic heterocycles. The van der Waals surface area contributed by atoms with Gasteiger partial charge in [-0.2, -0.15) is 0 Å². The number of nitrogens with zero attached hydrogens (tertiary/aromatic N) is 2. The molecule has 2 bridgehead atoms. The van der Waals surface area contributed by atoms with E-state index >= 15 is 0 Å². The lowest BCUT2D eigenvalue weighted by Crippen LogP contribution is -2.54. The van der Waals surface area contributed by atoms with Crippen LogP contribution in [0.25, 0.3) is 10.9 Å². The first-order chi connectivity index (χ1) is 11.7. The molecule has 3 fully saturated rings. The van der Waals surface area contributed by atoms with Gasteiger partial charge in [0.15, 0.2) is 0 Å². The second-order valence-corrected chi connectivity index (χ2v) is 6.97. The molecule has 0 amide bonds. The molecule has 6 nitrogen and oxygen atoms in total. The van der Waals surface area contributed by atoms with Crippen LogP contribution in [0.2, 0.25) is 0 Å². The maximum Gasteiger partial charge on any atom is 0.119 e. The van der Waals surface area contributed by atoms with Gasteiger partial charge in [0.1, 0.15) is 5.75 Å². The number of rotatable bonds is 4. The number of pyridine rings is 1. The lowest BCUT2D eigenvalue weighted by molar-refractivity contribution is -0.0444. The normalized spacial score (nSPS) is 27.9. The van der Waals surface area contributed by atoms with E-state index in [1.54, 1.807) is 13.3 Å². The minimum atomic E-state index is -0.504. The zero-order valence-corrected chi connectivity index (χ0v) is 15.1. The Hall–Kier alpha value is -1.99. The summed E-state index contributed by atoms with van der Waals surface area (Å²) in [5.74, 6) is 2.01. The number of piperidine rings is 3. The Bertz CT molecular complexity index is 767. The van der Waals surface area contributed by atoms with E-state index in [-0.39, 0.29) is 17.0 Å². The van der Waals surface area contributed by atoms with E-state index in [2.05, 4.69) is 22.5 Å². The number of aliphatic hydroxyl groups excluding tert-OH is 1. The van der Waals surface area contributed by atoms with Gasteiger partial charge in [-0.05, 0) is 61.1 Å². The van der Waals surface area contributed by atoms with Crippen molar-refractivity contribution in [2.45, 2.75) is 25.0 Å². The predicted octanol–water partition coefficient (Wildman–Crippen LogP) is 1.52. The van der Waals surface area contributed by atoms with E-state index in [1.165, 1.54) is 6.42 Å². The molecule has 5 atom stereocenters. The Balaban J connectivity index is 0.00000121. The van der Waals surface area contributed by atoms with Crippen LogP contribution >= 0.6 is 0 Å². The third kappa shape index (κ3) is 3.33. The van der Waals surface area contributed by atoms with Crippen molar-refractivity contribution in [2.24, 2.45) is 11.8 Å². The fourth-order valence-electron chi connectivity index (χ4n) is 4.44. The number of hydrogen-bond donors (Lipinski definition) is 1. The van der Waals surface area contributed by atoms with Gasteiger partial charge in [-0.3, -0.25) is 9.88 Å². The van der Waals surface area contributed by atoms with Crippen LogP contribution in [0, 0.1) is 11.8 Å². The maximum atomic E-state index is 11.2. The third-order valence-corrected chi connectivity index (χ3v) is 5.82. The quantitative estimate of drug-likeness (QED) is 0.834. The van der Waals surface area contributed by atoms with Gasteiger partial charge >= 0.3 is 0 Å². The van der Waals surface area contributed by atoms with E-state index in [1.807, 2.05) is 24.3 Å². The average Bonchev–Trinajstić information content (AvgIpc) is 2.66. The molecule has 6 heteroatoms. The average molecular weight is 360 g/mol. The summed E-state index contributed by atoms with van der Waals surface area (Å²) >= 11 is 0. The fourth-order valence-corrected chi connectivity index (χ4v) is 4.44. The monoisotopic (exact) mass is 360 g/mol. The van der Waals surface area contributed by atoms with Crippen LogP contribution in [0.3, 0.4) is 0 Å². The van der Waals surface area contributed by atoms with Crippen LogP contribution in [0.4, 0.5) is 0 Å². The Morgan fingerprint density at radius 2 is 2.15 bits per heavy atom. The standard InChI is InChI=1S/C20H24N2O2.2H2O/c1-3-13-12-22-9-7-14(13)10-19(22)20(23)16-6-8-21-18-5-4-15(24-2)11-17(16)18;;/h3-6,8,11,13-14,19-20,23H,1,7,9-10,12H2,2H3;2*1H2/t13-,14?,19-,20-;;/m1../s1. The molecule has 2 unspecified atom stereocenters. The van der Waals surface area contributed by atoms with Crippen molar-refractivity contribution < 1.29 is 20.8 Å². The molecule has 5 rings (SSSR count). The van der Waals surface area contributed by atoms with Crippen molar-refractivity contribution in [1.82, 2.24) is 9.88 Å². The molecule has 0 spiro atoms. The van der Waals surface area contributed by atoms with Gasteiger partial charge in [0, 0.05) is 24.2 Å². The minimum absolute atomic E-state index is 0. The molecule has 0 saturated carbocycles. The highest BCUT2D eigenvalue weighted by molar-refractivity contribution is 5.83. The van der Waals surface area contributed by atoms with Gasteiger partial charge in [-0.1, -0.05) is 6.08 Å². The Labute approximate surface area is 153 Å². The summed E-state index contributed by atoms with van der Waals surface area (Å²) in [5.41, 5.74) is 1.85. The molecule has 5 N–H and O–H groups in total. The predicted molar refractivity (Wildman–Crippen MR) is 102 cm³/mol. The molecule has 0 aliphatic carbocycles. The van der Waals surface area contributed by atoms with Crippen LogP contribution in [-0.4, -0.2) is 52.2 Å². The van der Waals surface area contributed by atoms with Gasteiger partial charge in [-0.25, -0.2) is 0 Å². The Morgan fingerprint density at radius 3 is 2.81 bits per heavy atom. The molecule has 3 aliphatic rings. The number of benzene rings is 1. The molecule has 3 aliphatic heterocycles. The summed E-state index contributed by atoms with van der Waals surface area (Å²) in [7, 11) is 1.66. The van der Waals surface area contributed by atoms with E-state index in [4.69, 9.17) is 4.74 Å². The van der Waals surface area contributed by atoms with Crippen LogP contribution in [0.1, 0.15) is 24.5 Å². The zero-order valence-electron chi connectivity index (χ0n) is 15.1. The van der Waals surface area contributed by atoms with Crippen LogP contribution in [-0.2, 0) is 0 Å². The molecule has 3 saturated heterocycles. The van der Waals surface area contributed by atoms with Gasteiger partial charge < -0.3 is 20.8 Å². The van der Waals surface area contributed by atoms with Gasteiger partial charge in [0.05, 0.1) is 18.7 Å². The number of aliphatic hydroxyl groups is 1. The van der Waals surface area contributed by atoms with E-state index in [0.29, 0.717) is 11.8 Å². The number of ether oxygens (including phenoxy) is 1. The van der Waals surface area contributed by atoms with Crippen LogP contribution < -0.4 is 4.74 Å². The van der Waals surface area contributed by atoms with Crippen molar-refractivity contribution >= 4 is 10.9 Å². The van der Waals surface area contributed by atoms with Crippen molar-refractivity contribution in [2.75, 3.05) is 20.2 Å². The first-order valence-electron chi connectivity index (χ1n) is 8.68. The lowest BCUT2D eigenvalue weighted by atomic mass is 9.73.